The summed E-state index contributed by atoms with van der Waals surface area (Å²) in [6.07, 6.45) is 1.32. The summed E-state index contributed by atoms with van der Waals surface area (Å²) in [5.74, 6) is 2.25. The molecule has 1 fully saturated rings. The first-order chi connectivity index (χ1) is 11.7. The highest BCUT2D eigenvalue weighted by molar-refractivity contribution is 5.68. The Kier molecular flexibility index (Phi) is 4.73. The number of aryl methyl sites for hydroxylation is 1. The smallest absolute Gasteiger partial charge is 0.409 e. The quantitative estimate of drug-likeness (QED) is 0.882. The number of ether oxygens (including phenoxy) is 1. The molecule has 0 unspecified atom stereocenters. The Hall–Kier alpha value is -2.91. The van der Waals surface area contributed by atoms with Gasteiger partial charge in [-0.1, -0.05) is 5.16 Å². The minimum atomic E-state index is -0.276. The zero-order valence-corrected chi connectivity index (χ0v) is 13.6. The number of piperazine rings is 1. The lowest BCUT2D eigenvalue weighted by molar-refractivity contribution is 0.105. The Morgan fingerprint density at radius 3 is 2.83 bits per heavy atom. The zero-order chi connectivity index (χ0) is 16.9. The Morgan fingerprint density at radius 2 is 2.17 bits per heavy atom. The number of rotatable bonds is 4. The maximum absolute atomic E-state index is 11.7. The molecule has 1 N–H and O–H groups in total. The fourth-order valence-corrected chi connectivity index (χ4v) is 2.37. The van der Waals surface area contributed by atoms with Crippen molar-refractivity contribution in [1.82, 2.24) is 25.2 Å². The third-order valence-electron chi connectivity index (χ3n) is 3.54. The van der Waals surface area contributed by atoms with Gasteiger partial charge in [0.25, 0.3) is 0 Å². The summed E-state index contributed by atoms with van der Waals surface area (Å²) >= 11 is 0. The number of hydrogen-bond donors (Lipinski definition) is 1. The number of hydrogen-bond acceptors (Lipinski definition) is 9. The number of aromatic nitrogens is 4. The third-order valence-corrected chi connectivity index (χ3v) is 3.54. The third kappa shape index (κ3) is 3.70. The van der Waals surface area contributed by atoms with Gasteiger partial charge in [-0.05, 0) is 13.8 Å². The molecule has 10 nitrogen and oxygen atoms in total. The van der Waals surface area contributed by atoms with Crippen LogP contribution in [0.25, 0.3) is 0 Å². The summed E-state index contributed by atoms with van der Waals surface area (Å²) in [6.45, 7) is 6.44. The number of nitrogens with one attached hydrogen (secondary N) is 1. The van der Waals surface area contributed by atoms with Gasteiger partial charge in [0, 0.05) is 32.2 Å². The van der Waals surface area contributed by atoms with Crippen molar-refractivity contribution < 1.29 is 14.1 Å². The van der Waals surface area contributed by atoms with Gasteiger partial charge in [-0.15, -0.1) is 5.10 Å². The van der Waals surface area contributed by atoms with Gasteiger partial charge in [-0.25, -0.2) is 4.79 Å². The van der Waals surface area contributed by atoms with Gasteiger partial charge in [0.15, 0.2) is 11.6 Å². The van der Waals surface area contributed by atoms with E-state index in [1.54, 1.807) is 31.0 Å². The van der Waals surface area contributed by atoms with E-state index >= 15 is 0 Å². The number of anilines is 3. The summed E-state index contributed by atoms with van der Waals surface area (Å²) in [5.41, 5.74) is 0. The Morgan fingerprint density at radius 1 is 1.38 bits per heavy atom. The first kappa shape index (κ1) is 16.0. The van der Waals surface area contributed by atoms with Crippen LogP contribution in [0.15, 0.2) is 16.8 Å². The van der Waals surface area contributed by atoms with E-state index in [1.165, 1.54) is 0 Å². The monoisotopic (exact) mass is 333 g/mol. The molecule has 10 heteroatoms. The summed E-state index contributed by atoms with van der Waals surface area (Å²) < 4.78 is 10.0. The normalized spacial score (nSPS) is 14.6. The lowest BCUT2D eigenvalue weighted by Crippen LogP contribution is -2.49. The molecule has 3 heterocycles. The molecule has 1 saturated heterocycles. The number of amides is 1. The molecule has 128 valence electrons. The lowest BCUT2D eigenvalue weighted by Gasteiger charge is -2.34. The molecule has 0 atom stereocenters. The molecule has 0 spiro atoms. The molecule has 24 heavy (non-hydrogen) atoms. The fourth-order valence-electron chi connectivity index (χ4n) is 2.37. The largest absolute Gasteiger partial charge is 0.450 e. The fraction of sp³-hybridized carbons (Fsp3) is 0.500. The number of nitrogens with zero attached hydrogens (tertiary/aromatic N) is 6. The predicted octanol–water partition coefficient (Wildman–Crippen LogP) is 1.19. The van der Waals surface area contributed by atoms with E-state index in [-0.39, 0.29) is 6.09 Å². The van der Waals surface area contributed by atoms with Crippen molar-refractivity contribution in [3.05, 3.63) is 18.0 Å². The molecule has 0 saturated carbocycles. The average molecular weight is 333 g/mol. The van der Waals surface area contributed by atoms with Crippen LogP contribution >= 0.6 is 0 Å². The number of carbonyl (C=O) groups excluding carboxylic acids is 1. The van der Waals surface area contributed by atoms with E-state index in [2.05, 4.69) is 25.7 Å². The standard InChI is InChI=1S/C14H19N7O3/c1-3-23-14(22)21-6-4-20(5-7-21)12-9-15-18-13(17-12)16-11-8-10(2)24-19-11/h8-9H,3-7H2,1-2H3,(H,16,17,18,19). The van der Waals surface area contributed by atoms with Crippen LogP contribution < -0.4 is 10.2 Å². The molecular weight excluding hydrogens is 314 g/mol. The van der Waals surface area contributed by atoms with Crippen LogP contribution in [-0.2, 0) is 4.74 Å². The van der Waals surface area contributed by atoms with Crippen LogP contribution in [0.5, 0.6) is 0 Å². The predicted molar refractivity (Wildman–Crippen MR) is 85.2 cm³/mol. The van der Waals surface area contributed by atoms with E-state index in [0.29, 0.717) is 56.1 Å². The SMILES string of the molecule is CCOC(=O)N1CCN(c2cnnc(Nc3cc(C)on3)n2)CC1. The Balaban J connectivity index is 1.61. The van der Waals surface area contributed by atoms with E-state index < -0.39 is 0 Å². The minimum Gasteiger partial charge on any atom is -0.450 e. The van der Waals surface area contributed by atoms with Crippen LogP contribution in [0.3, 0.4) is 0 Å². The van der Waals surface area contributed by atoms with E-state index in [0.717, 1.165) is 0 Å². The molecule has 0 radical (unpaired) electrons. The van der Waals surface area contributed by atoms with Crippen LogP contribution in [0.4, 0.5) is 22.4 Å². The Labute approximate surface area is 138 Å². The second-order valence-corrected chi connectivity index (χ2v) is 5.26. The highest BCUT2D eigenvalue weighted by Crippen LogP contribution is 2.17. The molecule has 0 aliphatic carbocycles. The van der Waals surface area contributed by atoms with Gasteiger partial charge in [0.05, 0.1) is 12.8 Å². The van der Waals surface area contributed by atoms with Crippen molar-refractivity contribution in [2.75, 3.05) is 43.0 Å². The molecule has 0 aromatic carbocycles. The first-order valence-corrected chi connectivity index (χ1v) is 7.72. The molecule has 1 aliphatic rings. The second kappa shape index (κ2) is 7.11. The van der Waals surface area contributed by atoms with Crippen molar-refractivity contribution in [2.24, 2.45) is 0 Å². The molecular formula is C14H19N7O3. The summed E-state index contributed by atoms with van der Waals surface area (Å²) in [4.78, 5) is 19.9. The molecule has 1 amide bonds. The van der Waals surface area contributed by atoms with E-state index in [9.17, 15) is 4.79 Å². The van der Waals surface area contributed by atoms with Crippen LogP contribution in [0.1, 0.15) is 12.7 Å². The van der Waals surface area contributed by atoms with Crippen LogP contribution in [0.2, 0.25) is 0 Å². The minimum absolute atomic E-state index is 0.276. The average Bonchev–Trinajstić information content (AvgIpc) is 3.00. The highest BCUT2D eigenvalue weighted by atomic mass is 16.6. The van der Waals surface area contributed by atoms with Crippen LogP contribution in [0, 0.1) is 6.92 Å². The van der Waals surface area contributed by atoms with Crippen molar-refractivity contribution in [3.63, 3.8) is 0 Å². The molecule has 3 rings (SSSR count). The van der Waals surface area contributed by atoms with E-state index in [4.69, 9.17) is 9.26 Å². The van der Waals surface area contributed by atoms with Crippen molar-refractivity contribution >= 4 is 23.7 Å². The molecule has 1 aliphatic heterocycles. The highest BCUT2D eigenvalue weighted by Gasteiger charge is 2.23. The Bertz CT molecular complexity index is 697. The van der Waals surface area contributed by atoms with Crippen molar-refractivity contribution in [1.29, 1.82) is 0 Å². The van der Waals surface area contributed by atoms with Gasteiger partial charge in [0.2, 0.25) is 5.95 Å². The van der Waals surface area contributed by atoms with Gasteiger partial charge in [-0.2, -0.15) is 10.1 Å². The van der Waals surface area contributed by atoms with Crippen molar-refractivity contribution in [3.8, 4) is 0 Å². The van der Waals surface area contributed by atoms with Gasteiger partial charge in [0.1, 0.15) is 5.76 Å². The van der Waals surface area contributed by atoms with Crippen molar-refractivity contribution in [2.45, 2.75) is 13.8 Å². The topological polar surface area (TPSA) is 110 Å². The number of carbonyl (C=O) groups is 1. The van der Waals surface area contributed by atoms with E-state index in [1.807, 2.05) is 4.90 Å². The lowest BCUT2D eigenvalue weighted by atomic mass is 10.3. The summed E-state index contributed by atoms with van der Waals surface area (Å²) in [7, 11) is 0. The summed E-state index contributed by atoms with van der Waals surface area (Å²) in [5, 5.41) is 14.7. The second-order valence-electron chi connectivity index (χ2n) is 5.26. The van der Waals surface area contributed by atoms with Gasteiger partial charge >= 0.3 is 6.09 Å². The summed E-state index contributed by atoms with van der Waals surface area (Å²) in [6, 6.07) is 1.74. The van der Waals surface area contributed by atoms with Gasteiger partial charge in [-0.3, -0.25) is 0 Å². The molecule has 0 bridgehead atoms. The maximum atomic E-state index is 11.7. The first-order valence-electron chi connectivity index (χ1n) is 7.72. The molecule has 2 aromatic rings. The molecule has 2 aromatic heterocycles. The zero-order valence-electron chi connectivity index (χ0n) is 13.6. The van der Waals surface area contributed by atoms with Gasteiger partial charge < -0.3 is 24.4 Å². The van der Waals surface area contributed by atoms with Crippen LogP contribution in [-0.4, -0.2) is 64.1 Å². The maximum Gasteiger partial charge on any atom is 0.409 e.